The number of amides is 2. The highest BCUT2D eigenvalue weighted by molar-refractivity contribution is 8.14. The molecule has 2 aromatic rings. The second kappa shape index (κ2) is 9.65. The molecule has 178 valence electrons. The average Bonchev–Trinajstić information content (AvgIpc) is 3.32. The number of thioether (sulfide) groups is 1. The third kappa shape index (κ3) is 4.36. The van der Waals surface area contributed by atoms with Crippen LogP contribution in [0.5, 0.6) is 11.5 Å². The fraction of sp³-hybridized carbons (Fsp3) is 0.375. The summed E-state index contributed by atoms with van der Waals surface area (Å²) in [5, 5.41) is 0.498. The summed E-state index contributed by atoms with van der Waals surface area (Å²) in [6.45, 7) is 5.92. The first-order valence-corrected chi connectivity index (χ1v) is 12.3. The molecular formula is C24H27N5O4S. The molecule has 2 N–H and O–H groups in total. The van der Waals surface area contributed by atoms with E-state index in [1.807, 2.05) is 56.3 Å². The smallest absolute Gasteiger partial charge is 0.241 e. The molecule has 2 aromatic carbocycles. The largest absolute Gasteiger partial charge is 0.494 e. The van der Waals surface area contributed by atoms with Crippen molar-refractivity contribution in [1.29, 1.82) is 0 Å². The van der Waals surface area contributed by atoms with Crippen LogP contribution in [0.4, 0.5) is 11.4 Å². The summed E-state index contributed by atoms with van der Waals surface area (Å²) in [6, 6.07) is 13.2. The first-order chi connectivity index (χ1) is 16.5. The number of benzene rings is 2. The minimum atomic E-state index is -0.351. The van der Waals surface area contributed by atoms with Crippen LogP contribution in [0.15, 0.2) is 47.5 Å². The van der Waals surface area contributed by atoms with Gasteiger partial charge in [0.15, 0.2) is 5.17 Å². The second-order valence-corrected chi connectivity index (χ2v) is 9.18. The van der Waals surface area contributed by atoms with Gasteiger partial charge in [0.05, 0.1) is 36.2 Å². The Bertz CT molecular complexity index is 1120. The first-order valence-electron chi connectivity index (χ1n) is 11.3. The summed E-state index contributed by atoms with van der Waals surface area (Å²) < 4.78 is 11.2. The number of nitrogens with one attached hydrogen (secondary N) is 2. The van der Waals surface area contributed by atoms with E-state index in [0.717, 1.165) is 17.0 Å². The number of hydrogen-bond acceptors (Lipinski definition) is 8. The van der Waals surface area contributed by atoms with Crippen molar-refractivity contribution in [3.05, 3.63) is 48.0 Å². The molecule has 0 radical (unpaired) electrons. The van der Waals surface area contributed by atoms with Gasteiger partial charge in [0.2, 0.25) is 11.8 Å². The van der Waals surface area contributed by atoms with Crippen molar-refractivity contribution < 1.29 is 19.1 Å². The molecule has 34 heavy (non-hydrogen) atoms. The average molecular weight is 482 g/mol. The van der Waals surface area contributed by atoms with Gasteiger partial charge in [-0.15, -0.1) is 0 Å². The minimum Gasteiger partial charge on any atom is -0.494 e. The third-order valence-corrected chi connectivity index (χ3v) is 6.88. The molecule has 5 rings (SSSR count). The predicted molar refractivity (Wildman–Crippen MR) is 132 cm³/mol. The number of fused-ring (bicyclic) bond motifs is 2. The Kier molecular flexibility index (Phi) is 6.44. The number of amidine groups is 1. The fourth-order valence-corrected chi connectivity index (χ4v) is 5.18. The Morgan fingerprint density at radius 2 is 2.09 bits per heavy atom. The van der Waals surface area contributed by atoms with Crippen molar-refractivity contribution in [2.75, 3.05) is 41.9 Å². The number of aryl methyl sites for hydroxylation is 1. The van der Waals surface area contributed by atoms with Gasteiger partial charge in [0.1, 0.15) is 24.3 Å². The van der Waals surface area contributed by atoms with Crippen molar-refractivity contribution in [2.24, 2.45) is 10.9 Å². The van der Waals surface area contributed by atoms with Gasteiger partial charge in [-0.2, -0.15) is 0 Å². The standard InChI is InChI=1S/C24H27N5O4S/c1-3-32-17-7-5-16(6-8-17)29-23(31)18-13-25-27-22(18)26-24(29)34-14-21(30)28-10-11-33-20-9-4-15(2)12-19(20)28/h4-9,12,18,22,25,27H,3,10-11,13-14H2,1-2H3. The van der Waals surface area contributed by atoms with Gasteiger partial charge in [0.25, 0.3) is 0 Å². The zero-order chi connectivity index (χ0) is 23.7. The lowest BCUT2D eigenvalue weighted by Crippen LogP contribution is -2.50. The van der Waals surface area contributed by atoms with Crippen molar-refractivity contribution in [3.63, 3.8) is 0 Å². The minimum absolute atomic E-state index is 0.0519. The van der Waals surface area contributed by atoms with E-state index in [-0.39, 0.29) is 29.7 Å². The van der Waals surface area contributed by atoms with Crippen LogP contribution in [-0.4, -0.2) is 55.2 Å². The summed E-state index contributed by atoms with van der Waals surface area (Å²) in [5.74, 6) is 1.18. The van der Waals surface area contributed by atoms with Gasteiger partial charge in [0, 0.05) is 6.54 Å². The summed E-state index contributed by atoms with van der Waals surface area (Å²) in [7, 11) is 0. The van der Waals surface area contributed by atoms with Crippen molar-refractivity contribution in [3.8, 4) is 11.5 Å². The van der Waals surface area contributed by atoms with Crippen LogP contribution in [0.1, 0.15) is 12.5 Å². The monoisotopic (exact) mass is 481 g/mol. The molecule has 2 unspecified atom stereocenters. The summed E-state index contributed by atoms with van der Waals surface area (Å²) in [5.41, 5.74) is 8.62. The Morgan fingerprint density at radius 3 is 2.88 bits per heavy atom. The Morgan fingerprint density at radius 1 is 1.26 bits per heavy atom. The molecule has 2 atom stereocenters. The van der Waals surface area contributed by atoms with Crippen LogP contribution in [0.2, 0.25) is 0 Å². The number of rotatable bonds is 5. The molecule has 3 aliphatic rings. The first kappa shape index (κ1) is 22.7. The molecule has 0 aliphatic carbocycles. The number of ether oxygens (including phenoxy) is 2. The topological polar surface area (TPSA) is 95.5 Å². The van der Waals surface area contributed by atoms with E-state index < -0.39 is 0 Å². The number of carbonyl (C=O) groups excluding carboxylic acids is 2. The highest BCUT2D eigenvalue weighted by Crippen LogP contribution is 2.34. The number of aliphatic imine (C=N–C) groups is 1. The molecule has 0 bridgehead atoms. The molecule has 9 nitrogen and oxygen atoms in total. The van der Waals surface area contributed by atoms with Crippen molar-refractivity contribution in [2.45, 2.75) is 20.0 Å². The fourth-order valence-electron chi connectivity index (χ4n) is 4.26. The zero-order valence-corrected chi connectivity index (χ0v) is 19.9. The summed E-state index contributed by atoms with van der Waals surface area (Å²) in [4.78, 5) is 34.8. The molecule has 2 amide bonds. The third-order valence-electron chi connectivity index (χ3n) is 5.94. The van der Waals surface area contributed by atoms with Crippen molar-refractivity contribution in [1.82, 2.24) is 10.9 Å². The number of anilines is 2. The predicted octanol–water partition coefficient (Wildman–Crippen LogP) is 2.31. The van der Waals surface area contributed by atoms with Gasteiger partial charge in [-0.05, 0) is 55.8 Å². The molecule has 1 fully saturated rings. The van der Waals surface area contributed by atoms with Crippen LogP contribution in [0.3, 0.4) is 0 Å². The van der Waals surface area contributed by atoms with Crippen molar-refractivity contribution >= 4 is 40.1 Å². The molecule has 0 aromatic heterocycles. The number of nitrogens with zero attached hydrogens (tertiary/aromatic N) is 3. The number of carbonyl (C=O) groups is 2. The van der Waals surface area contributed by atoms with E-state index in [2.05, 4.69) is 10.9 Å². The second-order valence-electron chi connectivity index (χ2n) is 8.24. The van der Waals surface area contributed by atoms with E-state index in [1.165, 1.54) is 11.8 Å². The lowest BCUT2D eigenvalue weighted by Gasteiger charge is -2.33. The van der Waals surface area contributed by atoms with E-state index >= 15 is 0 Å². The van der Waals surface area contributed by atoms with Gasteiger partial charge in [-0.25, -0.2) is 10.4 Å². The highest BCUT2D eigenvalue weighted by Gasteiger charge is 2.42. The lowest BCUT2D eigenvalue weighted by atomic mass is 10.0. The van der Waals surface area contributed by atoms with E-state index in [0.29, 0.717) is 42.9 Å². The Balaban J connectivity index is 1.37. The molecule has 10 heteroatoms. The Labute approximate surface area is 202 Å². The maximum absolute atomic E-state index is 13.4. The molecule has 3 heterocycles. The van der Waals surface area contributed by atoms with Crippen LogP contribution in [-0.2, 0) is 9.59 Å². The van der Waals surface area contributed by atoms with Crippen LogP contribution < -0.4 is 30.1 Å². The highest BCUT2D eigenvalue weighted by atomic mass is 32.2. The zero-order valence-electron chi connectivity index (χ0n) is 19.1. The van der Waals surface area contributed by atoms with Gasteiger partial charge >= 0.3 is 0 Å². The maximum atomic E-state index is 13.4. The molecular weight excluding hydrogens is 454 g/mol. The number of hydrazine groups is 1. The van der Waals surface area contributed by atoms with Gasteiger partial charge < -0.3 is 14.4 Å². The SMILES string of the molecule is CCOc1ccc(N2C(=O)C3CNNC3N=C2SCC(=O)N2CCOc3ccc(C)cc32)cc1. The van der Waals surface area contributed by atoms with Crippen LogP contribution >= 0.6 is 11.8 Å². The summed E-state index contributed by atoms with van der Waals surface area (Å²) in [6.07, 6.45) is -0.351. The normalized spacial score (nSPS) is 21.5. The van der Waals surface area contributed by atoms with E-state index in [4.69, 9.17) is 14.5 Å². The van der Waals surface area contributed by atoms with Gasteiger partial charge in [-0.3, -0.25) is 19.9 Å². The van der Waals surface area contributed by atoms with E-state index in [1.54, 1.807) is 9.80 Å². The van der Waals surface area contributed by atoms with Crippen LogP contribution in [0, 0.1) is 12.8 Å². The number of hydrogen-bond donors (Lipinski definition) is 2. The summed E-state index contributed by atoms with van der Waals surface area (Å²) >= 11 is 1.27. The molecule has 3 aliphatic heterocycles. The molecule has 1 saturated heterocycles. The lowest BCUT2D eigenvalue weighted by molar-refractivity contribution is -0.121. The quantitative estimate of drug-likeness (QED) is 0.677. The Hall–Kier alpha value is -3.08. The van der Waals surface area contributed by atoms with Crippen LogP contribution in [0.25, 0.3) is 0 Å². The molecule has 0 saturated carbocycles. The maximum Gasteiger partial charge on any atom is 0.241 e. The van der Waals surface area contributed by atoms with E-state index in [9.17, 15) is 9.59 Å². The van der Waals surface area contributed by atoms with Gasteiger partial charge in [-0.1, -0.05) is 17.8 Å². The molecule has 0 spiro atoms.